The number of anilines is 1. The SMILES string of the molecule is CC(C)(C)OC(=O)Nc1cc(Cl)c(-c2ccccc2)cc1[N+](=O)[O-]. The quantitative estimate of drug-likeness (QED) is 0.605. The molecule has 0 atom stereocenters. The molecule has 24 heavy (non-hydrogen) atoms. The second-order valence-corrected chi connectivity index (χ2v) is 6.51. The maximum atomic E-state index is 11.9. The van der Waals surface area contributed by atoms with E-state index in [2.05, 4.69) is 5.32 Å². The van der Waals surface area contributed by atoms with Crippen molar-refractivity contribution in [3.05, 3.63) is 57.6 Å². The summed E-state index contributed by atoms with van der Waals surface area (Å²) in [7, 11) is 0. The number of hydrogen-bond acceptors (Lipinski definition) is 4. The van der Waals surface area contributed by atoms with E-state index in [1.165, 1.54) is 12.1 Å². The Labute approximate surface area is 144 Å². The summed E-state index contributed by atoms with van der Waals surface area (Å²) in [5.41, 5.74) is 0.267. The van der Waals surface area contributed by atoms with Gasteiger partial charge in [0.05, 0.1) is 9.95 Å². The molecule has 2 aromatic rings. The van der Waals surface area contributed by atoms with Crippen LogP contribution >= 0.6 is 11.6 Å². The van der Waals surface area contributed by atoms with Crippen LogP contribution in [0.25, 0.3) is 11.1 Å². The first-order valence-electron chi connectivity index (χ1n) is 7.21. The van der Waals surface area contributed by atoms with Gasteiger partial charge < -0.3 is 4.74 Å². The number of nitro benzene ring substituents is 1. The lowest BCUT2D eigenvalue weighted by Crippen LogP contribution is -2.27. The highest BCUT2D eigenvalue weighted by Crippen LogP contribution is 2.37. The zero-order valence-electron chi connectivity index (χ0n) is 13.5. The third-order valence-electron chi connectivity index (χ3n) is 3.00. The molecule has 1 amide bonds. The number of benzene rings is 2. The maximum Gasteiger partial charge on any atom is 0.412 e. The second-order valence-electron chi connectivity index (χ2n) is 6.10. The number of ether oxygens (including phenoxy) is 1. The minimum absolute atomic E-state index is 0.0149. The highest BCUT2D eigenvalue weighted by molar-refractivity contribution is 6.34. The molecule has 0 aliphatic heterocycles. The number of amides is 1. The third-order valence-corrected chi connectivity index (χ3v) is 3.32. The normalized spacial score (nSPS) is 11.0. The van der Waals surface area contributed by atoms with Crippen molar-refractivity contribution in [2.45, 2.75) is 26.4 Å². The topological polar surface area (TPSA) is 81.5 Å². The second kappa shape index (κ2) is 6.88. The molecular formula is C17H17ClN2O4. The van der Waals surface area contributed by atoms with Crippen molar-refractivity contribution >= 4 is 29.1 Å². The summed E-state index contributed by atoms with van der Waals surface area (Å²) in [4.78, 5) is 22.6. The van der Waals surface area contributed by atoms with E-state index in [9.17, 15) is 14.9 Å². The van der Waals surface area contributed by atoms with Gasteiger partial charge in [-0.15, -0.1) is 0 Å². The van der Waals surface area contributed by atoms with Crippen LogP contribution in [0, 0.1) is 10.1 Å². The molecule has 0 spiro atoms. The Kier molecular flexibility index (Phi) is 5.09. The van der Waals surface area contributed by atoms with Crippen molar-refractivity contribution in [2.75, 3.05) is 5.32 Å². The van der Waals surface area contributed by atoms with E-state index >= 15 is 0 Å². The summed E-state index contributed by atoms with van der Waals surface area (Å²) < 4.78 is 5.12. The molecule has 1 N–H and O–H groups in total. The van der Waals surface area contributed by atoms with E-state index in [0.29, 0.717) is 5.56 Å². The van der Waals surface area contributed by atoms with E-state index in [1.807, 2.05) is 18.2 Å². The minimum Gasteiger partial charge on any atom is -0.444 e. The monoisotopic (exact) mass is 348 g/mol. The van der Waals surface area contributed by atoms with Crippen LogP contribution in [0.1, 0.15) is 20.8 Å². The molecule has 0 aliphatic carbocycles. The number of rotatable bonds is 3. The number of halogens is 1. The first kappa shape index (κ1) is 17.7. The van der Waals surface area contributed by atoms with Gasteiger partial charge in [0.2, 0.25) is 0 Å². The van der Waals surface area contributed by atoms with Crippen molar-refractivity contribution in [1.82, 2.24) is 0 Å². The van der Waals surface area contributed by atoms with Gasteiger partial charge in [-0.3, -0.25) is 15.4 Å². The Morgan fingerprint density at radius 1 is 1.21 bits per heavy atom. The number of carbonyl (C=O) groups excluding carboxylic acids is 1. The van der Waals surface area contributed by atoms with Crippen LogP contribution in [0.5, 0.6) is 0 Å². The van der Waals surface area contributed by atoms with Gasteiger partial charge >= 0.3 is 6.09 Å². The Morgan fingerprint density at radius 2 is 1.83 bits per heavy atom. The lowest BCUT2D eigenvalue weighted by atomic mass is 10.0. The van der Waals surface area contributed by atoms with Gasteiger partial charge in [-0.05, 0) is 32.4 Å². The average Bonchev–Trinajstić information content (AvgIpc) is 2.45. The van der Waals surface area contributed by atoms with Gasteiger partial charge in [0.15, 0.2) is 0 Å². The highest BCUT2D eigenvalue weighted by Gasteiger charge is 2.23. The average molecular weight is 349 g/mol. The molecule has 0 saturated heterocycles. The standard InChI is InChI=1S/C17H17ClN2O4/c1-17(2,3)24-16(21)19-14-10-13(18)12(9-15(14)20(22)23)11-7-5-4-6-8-11/h4-10H,1-3H3,(H,19,21). The van der Waals surface area contributed by atoms with E-state index < -0.39 is 16.6 Å². The molecule has 7 heteroatoms. The number of nitro groups is 1. The molecule has 0 radical (unpaired) electrons. The Hall–Kier alpha value is -2.60. The number of nitrogens with zero attached hydrogens (tertiary/aromatic N) is 1. The Morgan fingerprint density at radius 3 is 2.38 bits per heavy atom. The largest absolute Gasteiger partial charge is 0.444 e. The molecule has 0 saturated carbocycles. The molecule has 6 nitrogen and oxygen atoms in total. The number of nitrogens with one attached hydrogen (secondary N) is 1. The number of carbonyl (C=O) groups is 1. The lowest BCUT2D eigenvalue weighted by Gasteiger charge is -2.19. The molecule has 0 heterocycles. The molecule has 2 rings (SSSR count). The van der Waals surface area contributed by atoms with Crippen LogP contribution in [0.3, 0.4) is 0 Å². The zero-order valence-corrected chi connectivity index (χ0v) is 14.3. The van der Waals surface area contributed by atoms with E-state index in [-0.39, 0.29) is 16.4 Å². The van der Waals surface area contributed by atoms with Crippen LogP contribution in [0.4, 0.5) is 16.2 Å². The summed E-state index contributed by atoms with van der Waals surface area (Å²) >= 11 is 6.24. The van der Waals surface area contributed by atoms with Crippen LogP contribution < -0.4 is 5.32 Å². The molecule has 126 valence electrons. The van der Waals surface area contributed by atoms with Crippen LogP contribution in [-0.4, -0.2) is 16.6 Å². The van der Waals surface area contributed by atoms with Gasteiger partial charge in [0.25, 0.3) is 5.69 Å². The molecule has 0 bridgehead atoms. The van der Waals surface area contributed by atoms with Gasteiger partial charge in [-0.25, -0.2) is 4.79 Å². The molecule has 0 aromatic heterocycles. The Bertz CT molecular complexity index is 770. The Balaban J connectivity index is 2.41. The third kappa shape index (κ3) is 4.45. The predicted octanol–water partition coefficient (Wildman–Crippen LogP) is 5.26. The van der Waals surface area contributed by atoms with E-state index in [4.69, 9.17) is 16.3 Å². The van der Waals surface area contributed by atoms with Crippen LogP contribution in [-0.2, 0) is 4.74 Å². The van der Waals surface area contributed by atoms with Crippen molar-refractivity contribution in [3.8, 4) is 11.1 Å². The van der Waals surface area contributed by atoms with Crippen molar-refractivity contribution < 1.29 is 14.5 Å². The van der Waals surface area contributed by atoms with Gasteiger partial charge in [-0.2, -0.15) is 0 Å². The van der Waals surface area contributed by atoms with E-state index in [1.54, 1.807) is 32.9 Å². The van der Waals surface area contributed by atoms with Crippen LogP contribution in [0.15, 0.2) is 42.5 Å². The van der Waals surface area contributed by atoms with Gasteiger partial charge in [-0.1, -0.05) is 41.9 Å². The molecular weight excluding hydrogens is 332 g/mol. The summed E-state index contributed by atoms with van der Waals surface area (Å²) in [5.74, 6) is 0. The summed E-state index contributed by atoms with van der Waals surface area (Å²) in [6.07, 6.45) is -0.783. The summed E-state index contributed by atoms with van der Waals surface area (Å²) in [6.45, 7) is 5.10. The first-order valence-corrected chi connectivity index (χ1v) is 7.58. The maximum absolute atomic E-state index is 11.9. The zero-order chi connectivity index (χ0) is 17.9. The van der Waals surface area contributed by atoms with Crippen LogP contribution in [0.2, 0.25) is 5.02 Å². The van der Waals surface area contributed by atoms with Crippen molar-refractivity contribution in [3.63, 3.8) is 0 Å². The highest BCUT2D eigenvalue weighted by atomic mass is 35.5. The lowest BCUT2D eigenvalue weighted by molar-refractivity contribution is -0.383. The first-order chi connectivity index (χ1) is 11.2. The summed E-state index contributed by atoms with van der Waals surface area (Å²) in [5, 5.41) is 14.0. The van der Waals surface area contributed by atoms with Gasteiger partial charge in [0, 0.05) is 11.6 Å². The van der Waals surface area contributed by atoms with Gasteiger partial charge in [0.1, 0.15) is 11.3 Å². The smallest absolute Gasteiger partial charge is 0.412 e. The van der Waals surface area contributed by atoms with Crippen molar-refractivity contribution in [1.29, 1.82) is 0 Å². The fraction of sp³-hybridized carbons (Fsp3) is 0.235. The summed E-state index contributed by atoms with van der Waals surface area (Å²) in [6, 6.07) is 11.7. The fourth-order valence-electron chi connectivity index (χ4n) is 2.07. The molecule has 0 aliphatic rings. The fourth-order valence-corrected chi connectivity index (χ4v) is 2.34. The minimum atomic E-state index is -0.783. The molecule has 2 aromatic carbocycles. The molecule has 0 fully saturated rings. The van der Waals surface area contributed by atoms with E-state index in [0.717, 1.165) is 5.56 Å². The number of hydrogen-bond donors (Lipinski definition) is 1. The van der Waals surface area contributed by atoms with Crippen molar-refractivity contribution in [2.24, 2.45) is 0 Å². The predicted molar refractivity (Wildman–Crippen MR) is 93.4 cm³/mol. The molecule has 0 unspecified atom stereocenters.